The minimum atomic E-state index is -4.40. The number of carboxylic acids is 1. The molecule has 1 unspecified atom stereocenters. The lowest BCUT2D eigenvalue weighted by Gasteiger charge is -2.23. The van der Waals surface area contributed by atoms with E-state index in [1.165, 1.54) is 6.07 Å². The van der Waals surface area contributed by atoms with Gasteiger partial charge < -0.3 is 20.3 Å². The number of alkyl halides is 3. The van der Waals surface area contributed by atoms with E-state index in [1.807, 2.05) is 0 Å². The molecule has 0 spiro atoms. The number of piperidine rings is 1. The molecule has 7 nitrogen and oxygen atoms in total. The maximum Gasteiger partial charge on any atom is 0.416 e. The largest absolute Gasteiger partial charge is 0.481 e. The van der Waals surface area contributed by atoms with Crippen LogP contribution in [-0.2, 0) is 23.9 Å². The van der Waals surface area contributed by atoms with Crippen LogP contribution in [0, 0.1) is 12.8 Å². The lowest BCUT2D eigenvalue weighted by Crippen LogP contribution is -2.38. The van der Waals surface area contributed by atoms with E-state index in [1.54, 1.807) is 29.8 Å². The predicted octanol–water partition coefficient (Wildman–Crippen LogP) is 3.24. The van der Waals surface area contributed by atoms with Gasteiger partial charge in [-0.1, -0.05) is 18.2 Å². The second-order valence-corrected chi connectivity index (χ2v) is 8.27. The Hall–Kier alpha value is -3.14. The van der Waals surface area contributed by atoms with Crippen LogP contribution in [0.4, 0.5) is 13.2 Å². The van der Waals surface area contributed by atoms with Gasteiger partial charge in [0.1, 0.15) is 5.56 Å². The molecule has 2 aromatic rings. The molecular formula is C24H30F3N3O4. The number of rotatable bonds is 6. The molecule has 10 heteroatoms. The van der Waals surface area contributed by atoms with Crippen LogP contribution < -0.4 is 16.2 Å². The smallest absolute Gasteiger partial charge is 0.416 e. The molecule has 0 radical (unpaired) electrons. The zero-order valence-corrected chi connectivity index (χ0v) is 19.2. The third-order valence-electron chi connectivity index (χ3n) is 5.41. The number of aryl methyl sites for hydroxylation is 1. The molecule has 2 heterocycles. The number of carboxylic acid groups (broad SMARTS) is 1. The van der Waals surface area contributed by atoms with Gasteiger partial charge in [0.05, 0.1) is 5.56 Å². The second kappa shape index (κ2) is 12.4. The summed E-state index contributed by atoms with van der Waals surface area (Å²) in [7, 11) is 0. The summed E-state index contributed by atoms with van der Waals surface area (Å²) in [5, 5.41) is 13.4. The maximum atomic E-state index is 12.8. The first-order valence-electron chi connectivity index (χ1n) is 11.0. The molecule has 1 aromatic heterocycles. The minimum absolute atomic E-state index is 0.0883. The number of aliphatic carboxylic acids is 1. The zero-order chi connectivity index (χ0) is 25.3. The minimum Gasteiger partial charge on any atom is -0.481 e. The quantitative estimate of drug-likeness (QED) is 0.588. The van der Waals surface area contributed by atoms with E-state index >= 15 is 0 Å². The van der Waals surface area contributed by atoms with Crippen LogP contribution >= 0.6 is 0 Å². The van der Waals surface area contributed by atoms with Gasteiger partial charge in [-0.2, -0.15) is 13.2 Å². The molecule has 34 heavy (non-hydrogen) atoms. The first-order valence-corrected chi connectivity index (χ1v) is 11.0. The fraction of sp³-hybridized carbons (Fsp3) is 0.458. The summed E-state index contributed by atoms with van der Waals surface area (Å²) in [6, 6.07) is 6.77. The van der Waals surface area contributed by atoms with Crippen LogP contribution in [0.1, 0.15) is 46.8 Å². The number of aromatic nitrogens is 1. The molecule has 1 amide bonds. The van der Waals surface area contributed by atoms with Crippen LogP contribution in [0.5, 0.6) is 0 Å². The number of halogens is 3. The van der Waals surface area contributed by atoms with E-state index in [4.69, 9.17) is 9.90 Å². The van der Waals surface area contributed by atoms with Crippen molar-refractivity contribution < 1.29 is 27.9 Å². The molecule has 1 aromatic carbocycles. The average molecular weight is 482 g/mol. The summed E-state index contributed by atoms with van der Waals surface area (Å²) in [6.07, 6.45) is -0.353. The van der Waals surface area contributed by atoms with Gasteiger partial charge in [0.25, 0.3) is 17.4 Å². The Bertz CT molecular complexity index is 1040. The van der Waals surface area contributed by atoms with E-state index in [0.717, 1.165) is 45.0 Å². The fourth-order valence-corrected chi connectivity index (χ4v) is 3.75. The normalized spacial score (nSPS) is 15.7. The Morgan fingerprint density at radius 1 is 1.26 bits per heavy atom. The molecule has 186 valence electrons. The highest BCUT2D eigenvalue weighted by molar-refractivity contribution is 5.95. The Morgan fingerprint density at radius 2 is 1.97 bits per heavy atom. The number of amides is 1. The molecular weight excluding hydrogens is 451 g/mol. The van der Waals surface area contributed by atoms with Crippen molar-refractivity contribution in [3.8, 4) is 0 Å². The number of nitrogens with one attached hydrogen (secondary N) is 2. The first-order chi connectivity index (χ1) is 16.0. The molecule has 1 aliphatic rings. The summed E-state index contributed by atoms with van der Waals surface area (Å²) in [6.45, 7) is 5.31. The highest BCUT2D eigenvalue weighted by atomic mass is 19.4. The molecule has 1 fully saturated rings. The lowest BCUT2D eigenvalue weighted by atomic mass is 9.99. The van der Waals surface area contributed by atoms with Crippen molar-refractivity contribution in [3.63, 3.8) is 0 Å². The monoisotopic (exact) mass is 481 g/mol. The molecule has 1 atom stereocenters. The van der Waals surface area contributed by atoms with E-state index in [-0.39, 0.29) is 24.1 Å². The average Bonchev–Trinajstić information content (AvgIpc) is 2.76. The van der Waals surface area contributed by atoms with Crippen molar-refractivity contribution >= 4 is 11.9 Å². The standard InChI is InChI=1S/C22H26F3N3O2.C2H4O2/c1-15-8-11-28(14-17-5-3-9-26-13-17)21(30)19(15)20(29)27-10-7-16-4-2-6-18(12-16)22(23,24)25;1-2(3)4/h2,4,6,8,11-12,17,26H,3,5,7,9-10,13-14H2,1H3,(H,27,29);1H3,(H,3,4). The molecule has 0 bridgehead atoms. The van der Waals surface area contributed by atoms with Gasteiger partial charge in [-0.25, -0.2) is 0 Å². The molecule has 1 saturated heterocycles. The van der Waals surface area contributed by atoms with E-state index in [2.05, 4.69) is 10.6 Å². The van der Waals surface area contributed by atoms with Gasteiger partial charge in [0, 0.05) is 26.2 Å². The van der Waals surface area contributed by atoms with Gasteiger partial charge in [0.15, 0.2) is 0 Å². The third kappa shape index (κ3) is 8.33. The molecule has 0 aliphatic carbocycles. The van der Waals surface area contributed by atoms with Crippen LogP contribution in [0.25, 0.3) is 0 Å². The zero-order valence-electron chi connectivity index (χ0n) is 19.2. The SMILES string of the molecule is CC(=O)O.Cc1ccn(CC2CCCNC2)c(=O)c1C(=O)NCCc1cccc(C(F)(F)F)c1. The van der Waals surface area contributed by atoms with Gasteiger partial charge in [0.2, 0.25) is 0 Å². The Kier molecular flexibility index (Phi) is 9.85. The number of hydrogen-bond donors (Lipinski definition) is 3. The molecule has 3 rings (SSSR count). The number of benzene rings is 1. The summed E-state index contributed by atoms with van der Waals surface area (Å²) in [4.78, 5) is 34.5. The van der Waals surface area contributed by atoms with E-state index in [0.29, 0.717) is 23.6 Å². The highest BCUT2D eigenvalue weighted by Crippen LogP contribution is 2.29. The Labute approximate surface area is 196 Å². The predicted molar refractivity (Wildman–Crippen MR) is 122 cm³/mol. The number of carbonyl (C=O) groups is 2. The van der Waals surface area contributed by atoms with Crippen molar-refractivity contribution in [2.45, 2.75) is 45.8 Å². The fourth-order valence-electron chi connectivity index (χ4n) is 3.75. The van der Waals surface area contributed by atoms with Gasteiger partial charge in [-0.3, -0.25) is 14.4 Å². The molecule has 1 aliphatic heterocycles. The van der Waals surface area contributed by atoms with Crippen molar-refractivity contribution in [1.82, 2.24) is 15.2 Å². The summed E-state index contributed by atoms with van der Waals surface area (Å²) in [5.41, 5.74) is 0.0829. The van der Waals surface area contributed by atoms with E-state index < -0.39 is 23.6 Å². The number of carbonyl (C=O) groups excluding carboxylic acids is 1. The highest BCUT2D eigenvalue weighted by Gasteiger charge is 2.30. The Morgan fingerprint density at radius 3 is 2.59 bits per heavy atom. The van der Waals surface area contributed by atoms with Crippen LogP contribution in [-0.4, -0.2) is 41.2 Å². The summed E-state index contributed by atoms with van der Waals surface area (Å²) < 4.78 is 40.0. The second-order valence-electron chi connectivity index (χ2n) is 8.27. The third-order valence-corrected chi connectivity index (χ3v) is 5.41. The molecule has 3 N–H and O–H groups in total. The summed E-state index contributed by atoms with van der Waals surface area (Å²) >= 11 is 0. The van der Waals surface area contributed by atoms with Gasteiger partial charge in [-0.05, 0) is 68.5 Å². The number of hydrogen-bond acceptors (Lipinski definition) is 4. The van der Waals surface area contributed by atoms with Crippen LogP contribution in [0.2, 0.25) is 0 Å². The Balaban J connectivity index is 0.000000945. The van der Waals surface area contributed by atoms with Gasteiger partial charge >= 0.3 is 6.18 Å². The lowest BCUT2D eigenvalue weighted by molar-refractivity contribution is -0.137. The first kappa shape index (κ1) is 27.1. The van der Waals surface area contributed by atoms with Gasteiger partial charge in [-0.15, -0.1) is 0 Å². The number of nitrogens with zero attached hydrogens (tertiary/aromatic N) is 1. The van der Waals surface area contributed by atoms with Crippen LogP contribution in [0.15, 0.2) is 41.3 Å². The number of pyridine rings is 1. The van der Waals surface area contributed by atoms with Crippen LogP contribution in [0.3, 0.4) is 0 Å². The van der Waals surface area contributed by atoms with Crippen molar-refractivity contribution in [3.05, 3.63) is 69.1 Å². The van der Waals surface area contributed by atoms with Crippen molar-refractivity contribution in [1.29, 1.82) is 0 Å². The topological polar surface area (TPSA) is 100 Å². The molecule has 0 saturated carbocycles. The van der Waals surface area contributed by atoms with Crippen molar-refractivity contribution in [2.75, 3.05) is 19.6 Å². The van der Waals surface area contributed by atoms with E-state index in [9.17, 15) is 22.8 Å². The maximum absolute atomic E-state index is 12.8. The van der Waals surface area contributed by atoms with Crippen molar-refractivity contribution in [2.24, 2.45) is 5.92 Å². The summed E-state index contributed by atoms with van der Waals surface area (Å²) in [5.74, 6) is -0.989.